The molecule has 6 aromatic rings. The lowest BCUT2D eigenvalue weighted by Gasteiger charge is -2.44. The van der Waals surface area contributed by atoms with Crippen molar-refractivity contribution < 1.29 is 107 Å². The SMILES string of the molecule is Fc1c(F)c(F)c([B-](c2c(F)c(F)c(F)c(F)c2F)(c2c(F)c(F)c(F)c(F)c2F)c2c(F)c(F)c(F)c(F)c2F)c(F)c1F.O=C(C[n+]1ccccc1C(=O)OC(Cl)(Cl)Cl)c1ccccc1. The molecule has 0 aliphatic carbocycles. The summed E-state index contributed by atoms with van der Waals surface area (Å²) in [5.41, 5.74) is -13.7. The van der Waals surface area contributed by atoms with E-state index >= 15 is 35.1 Å². The number of halogens is 23. The average molecular weight is 1040 g/mol. The zero-order valence-corrected chi connectivity index (χ0v) is 33.6. The average Bonchev–Trinajstić information content (AvgIpc) is 3.29. The summed E-state index contributed by atoms with van der Waals surface area (Å²) in [6, 6.07) is 13.5. The Kier molecular flexibility index (Phi) is 14.9. The molecule has 1 heterocycles. The van der Waals surface area contributed by atoms with Gasteiger partial charge in [-0.25, -0.2) is 92.6 Å². The standard InChI is InChI=1S/C24BF20.C15H11Cl3NO3/c26-5-1(6(27)14(35)21(42)13(5)34)25(2-7(28)15(36)22(43)16(37)8(2)29,3-9(30)17(38)23(44)18(39)10(3)31)4-11(32)19(40)24(45)20(41)12(4)33;16-15(17,18)22-14(21)12-8-4-5-9-19(12)10-13(20)11-6-2-1-3-7-11/h;1-9H,10H2/q-1;+1. The molecule has 67 heavy (non-hydrogen) atoms. The summed E-state index contributed by atoms with van der Waals surface area (Å²) >= 11 is 16.3. The molecule has 0 saturated carbocycles. The highest BCUT2D eigenvalue weighted by Gasteiger charge is 2.52. The van der Waals surface area contributed by atoms with Gasteiger partial charge in [0.05, 0.1) is 0 Å². The second-order valence-corrected chi connectivity index (χ2v) is 15.3. The molecule has 0 bridgehead atoms. The zero-order valence-electron chi connectivity index (χ0n) is 31.3. The minimum Gasteiger partial charge on any atom is -0.406 e. The van der Waals surface area contributed by atoms with Crippen LogP contribution in [0.4, 0.5) is 87.8 Å². The van der Waals surface area contributed by atoms with E-state index in [-0.39, 0.29) is 18.0 Å². The highest BCUT2D eigenvalue weighted by atomic mass is 35.6. The molecular weight excluding hydrogens is 1030 g/mol. The molecule has 0 unspecified atom stereocenters. The molecule has 0 spiro atoms. The smallest absolute Gasteiger partial charge is 0.406 e. The number of ether oxygens (including phenoxy) is 1. The molecule has 0 radical (unpaired) electrons. The molecule has 354 valence electrons. The third kappa shape index (κ3) is 8.95. The van der Waals surface area contributed by atoms with Crippen molar-refractivity contribution in [2.45, 2.75) is 10.5 Å². The minimum absolute atomic E-state index is 0.0326. The van der Waals surface area contributed by atoms with E-state index in [1.54, 1.807) is 42.6 Å². The number of ketones is 1. The molecular formula is C39H11BCl3F20NO3. The van der Waals surface area contributed by atoms with Crippen LogP contribution in [0, 0.1) is 116 Å². The number of carbonyl (C=O) groups excluding carboxylic acids is 2. The quantitative estimate of drug-likeness (QED) is 0.0224. The molecule has 0 aliphatic heterocycles. The number of aromatic nitrogens is 1. The molecule has 1 aromatic heterocycles. The van der Waals surface area contributed by atoms with Gasteiger partial charge in [-0.2, -0.15) is 4.57 Å². The molecule has 4 nitrogen and oxygen atoms in total. The molecule has 0 saturated heterocycles. The normalized spacial score (nSPS) is 11.7. The highest BCUT2D eigenvalue weighted by Crippen LogP contribution is 2.31. The topological polar surface area (TPSA) is 47.2 Å². The number of Topliss-reactive ketones (excluding diaryl/α,β-unsaturated/α-hetero) is 1. The van der Waals surface area contributed by atoms with Gasteiger partial charge in [0.15, 0.2) is 76.0 Å². The van der Waals surface area contributed by atoms with Crippen LogP contribution in [0.2, 0.25) is 0 Å². The van der Waals surface area contributed by atoms with Gasteiger partial charge in [0.2, 0.25) is 12.3 Å². The molecule has 0 atom stereocenters. The van der Waals surface area contributed by atoms with Crippen LogP contribution in [0.15, 0.2) is 54.7 Å². The number of carbonyl (C=O) groups is 2. The van der Waals surface area contributed by atoms with E-state index < -0.39 is 154 Å². The van der Waals surface area contributed by atoms with Crippen LogP contribution in [0.3, 0.4) is 0 Å². The Bertz CT molecular complexity index is 2630. The summed E-state index contributed by atoms with van der Waals surface area (Å²) in [6.07, 6.45) is -5.64. The zero-order chi connectivity index (χ0) is 50.5. The number of nitrogens with zero attached hydrogens (tertiary/aromatic N) is 1. The summed E-state index contributed by atoms with van der Waals surface area (Å²) in [7, 11) is 0. The van der Waals surface area contributed by atoms with Crippen LogP contribution >= 0.6 is 34.8 Å². The fraction of sp³-hybridized carbons (Fsp3) is 0.0513. The summed E-state index contributed by atoms with van der Waals surface area (Å²) in [4.78, 5) is 24.2. The molecule has 0 aliphatic rings. The first kappa shape index (κ1) is 51.9. The van der Waals surface area contributed by atoms with Crippen LogP contribution in [0.5, 0.6) is 0 Å². The van der Waals surface area contributed by atoms with Crippen molar-refractivity contribution in [1.29, 1.82) is 0 Å². The van der Waals surface area contributed by atoms with Gasteiger partial charge in [-0.1, -0.05) is 30.3 Å². The Morgan fingerprint density at radius 3 is 0.970 bits per heavy atom. The molecule has 0 fully saturated rings. The Morgan fingerprint density at radius 1 is 0.418 bits per heavy atom. The van der Waals surface area contributed by atoms with Gasteiger partial charge in [-0.05, 0) is 40.9 Å². The van der Waals surface area contributed by atoms with E-state index in [2.05, 4.69) is 4.74 Å². The maximum Gasteiger partial charge on any atom is 0.407 e. The fourth-order valence-electron chi connectivity index (χ4n) is 6.70. The molecule has 28 heteroatoms. The Labute approximate surface area is 373 Å². The van der Waals surface area contributed by atoms with Gasteiger partial charge < -0.3 is 4.74 Å². The number of alkyl halides is 3. The van der Waals surface area contributed by atoms with Crippen LogP contribution in [-0.4, -0.2) is 21.9 Å². The fourth-order valence-corrected chi connectivity index (χ4v) is 6.91. The van der Waals surface area contributed by atoms with Crippen molar-refractivity contribution in [2.24, 2.45) is 0 Å². The largest absolute Gasteiger partial charge is 0.407 e. The van der Waals surface area contributed by atoms with E-state index in [0.717, 1.165) is 0 Å². The van der Waals surface area contributed by atoms with Crippen LogP contribution in [0.25, 0.3) is 0 Å². The lowest BCUT2D eigenvalue weighted by atomic mass is 9.12. The first-order valence-corrected chi connectivity index (χ1v) is 18.3. The van der Waals surface area contributed by atoms with Crippen molar-refractivity contribution in [2.75, 3.05) is 0 Å². The van der Waals surface area contributed by atoms with E-state index in [1.807, 2.05) is 6.07 Å². The maximum absolute atomic E-state index is 15.4. The van der Waals surface area contributed by atoms with Crippen molar-refractivity contribution in [3.8, 4) is 0 Å². The highest BCUT2D eigenvalue weighted by molar-refractivity contribution is 7.20. The van der Waals surface area contributed by atoms with Gasteiger partial charge >= 0.3 is 9.95 Å². The van der Waals surface area contributed by atoms with Crippen molar-refractivity contribution in [3.05, 3.63) is 182 Å². The molecule has 0 N–H and O–H groups in total. The minimum atomic E-state index is -7.22. The lowest BCUT2D eigenvalue weighted by Crippen LogP contribution is -2.81. The Balaban J connectivity index is 0.000000319. The number of pyridine rings is 1. The lowest BCUT2D eigenvalue weighted by molar-refractivity contribution is -0.685. The van der Waals surface area contributed by atoms with Crippen molar-refractivity contribution in [1.82, 2.24) is 0 Å². The van der Waals surface area contributed by atoms with E-state index in [9.17, 15) is 62.3 Å². The number of hydrogen-bond donors (Lipinski definition) is 0. The van der Waals surface area contributed by atoms with Gasteiger partial charge in [0, 0.05) is 17.7 Å². The van der Waals surface area contributed by atoms with Crippen LogP contribution in [0.1, 0.15) is 20.8 Å². The van der Waals surface area contributed by atoms with Crippen molar-refractivity contribution in [3.63, 3.8) is 0 Å². The number of benzene rings is 5. The summed E-state index contributed by atoms with van der Waals surface area (Å²) < 4.78 is 298. The van der Waals surface area contributed by atoms with Gasteiger partial charge in [-0.15, -0.1) is 21.9 Å². The van der Waals surface area contributed by atoms with Crippen LogP contribution < -0.4 is 26.4 Å². The third-order valence-electron chi connectivity index (χ3n) is 9.48. The number of hydrogen-bond acceptors (Lipinski definition) is 3. The van der Waals surface area contributed by atoms with E-state index in [0.29, 0.717) is 5.56 Å². The maximum atomic E-state index is 15.4. The van der Waals surface area contributed by atoms with Gasteiger partial charge in [0.25, 0.3) is 5.69 Å². The summed E-state index contributed by atoms with van der Waals surface area (Å²) in [5, 5.41) is 0. The molecule has 0 amide bonds. The third-order valence-corrected chi connectivity index (χ3v) is 9.71. The van der Waals surface area contributed by atoms with E-state index in [4.69, 9.17) is 34.8 Å². The second-order valence-electron chi connectivity index (χ2n) is 13.1. The predicted molar refractivity (Wildman–Crippen MR) is 192 cm³/mol. The molecule has 5 aromatic carbocycles. The summed E-state index contributed by atoms with van der Waals surface area (Å²) in [5.74, 6) is -72.4. The van der Waals surface area contributed by atoms with E-state index in [1.165, 1.54) is 10.6 Å². The first-order valence-electron chi connectivity index (χ1n) is 17.2. The summed E-state index contributed by atoms with van der Waals surface area (Å²) in [6.45, 7) is -0.0326. The van der Waals surface area contributed by atoms with Crippen LogP contribution in [-0.2, 0) is 11.3 Å². The number of rotatable bonds is 8. The molecule has 6 rings (SSSR count). The Hall–Kier alpha value is -6.08. The second kappa shape index (κ2) is 19.3. The van der Waals surface area contributed by atoms with Crippen molar-refractivity contribution >= 4 is 74.6 Å². The number of esters is 1. The first-order chi connectivity index (χ1) is 31.1. The van der Waals surface area contributed by atoms with Gasteiger partial charge in [0.1, 0.15) is 52.7 Å². The van der Waals surface area contributed by atoms with Gasteiger partial charge in [-0.3, -0.25) is 4.79 Å². The Morgan fingerprint density at radius 2 is 0.687 bits per heavy atom. The predicted octanol–water partition coefficient (Wildman–Crippen LogP) is 9.19. The monoisotopic (exact) mass is 1040 g/mol.